The van der Waals surface area contributed by atoms with Crippen molar-refractivity contribution >= 4 is 27.6 Å². The number of aliphatic hydroxyl groups excluding tert-OH is 1. The maximum absolute atomic E-state index is 10.3. The molecule has 0 bridgehead atoms. The number of rotatable bonds is 4. The summed E-state index contributed by atoms with van der Waals surface area (Å²) < 4.78 is 0.828. The van der Waals surface area contributed by atoms with Crippen molar-refractivity contribution in [1.82, 2.24) is 0 Å². The highest BCUT2D eigenvalue weighted by Gasteiger charge is 2.12. The average molecular weight is 274 g/mol. The summed E-state index contributed by atoms with van der Waals surface area (Å²) in [5.41, 5.74) is 6.72. The van der Waals surface area contributed by atoms with Gasteiger partial charge < -0.3 is 15.9 Å². The Labute approximate surface area is 95.8 Å². The zero-order valence-electron chi connectivity index (χ0n) is 7.98. The molecule has 0 fully saturated rings. The highest BCUT2D eigenvalue weighted by molar-refractivity contribution is 9.10. The Morgan fingerprint density at radius 2 is 2.20 bits per heavy atom. The molecule has 82 valence electrons. The molecule has 1 aromatic carbocycles. The van der Waals surface area contributed by atoms with Crippen LogP contribution in [0.25, 0.3) is 0 Å². The molecule has 0 spiro atoms. The third-order valence-electron chi connectivity index (χ3n) is 2.04. The summed E-state index contributed by atoms with van der Waals surface area (Å²) in [7, 11) is 0. The lowest BCUT2D eigenvalue weighted by Crippen LogP contribution is -2.05. The lowest BCUT2D eigenvalue weighted by atomic mass is 10.0. The Bertz CT molecular complexity index is 368. The number of carboxylic acids is 1. The van der Waals surface area contributed by atoms with Crippen LogP contribution in [-0.4, -0.2) is 16.2 Å². The van der Waals surface area contributed by atoms with Crippen molar-refractivity contribution in [3.05, 3.63) is 28.2 Å². The number of nitrogen functional groups attached to an aromatic ring is 1. The van der Waals surface area contributed by atoms with Gasteiger partial charge in [0.25, 0.3) is 0 Å². The number of halogens is 1. The standard InChI is InChI=1S/C10H12BrNO3/c11-6-1-2-7(8(12)5-6)9(13)3-4-10(14)15/h1-2,5,9,13H,3-4,12H2,(H,14,15). The van der Waals surface area contributed by atoms with Crippen molar-refractivity contribution in [3.8, 4) is 0 Å². The Morgan fingerprint density at radius 3 is 2.73 bits per heavy atom. The van der Waals surface area contributed by atoms with Gasteiger partial charge >= 0.3 is 5.97 Å². The number of aliphatic hydroxyl groups is 1. The third-order valence-corrected chi connectivity index (χ3v) is 2.53. The number of carboxylic acid groups (broad SMARTS) is 1. The fourth-order valence-electron chi connectivity index (χ4n) is 1.26. The van der Waals surface area contributed by atoms with E-state index in [-0.39, 0.29) is 12.8 Å². The van der Waals surface area contributed by atoms with Gasteiger partial charge in [0.1, 0.15) is 0 Å². The number of hydrogen-bond acceptors (Lipinski definition) is 3. The van der Waals surface area contributed by atoms with E-state index in [1.807, 2.05) is 0 Å². The van der Waals surface area contributed by atoms with Crippen LogP contribution in [0.4, 0.5) is 5.69 Å². The monoisotopic (exact) mass is 273 g/mol. The average Bonchev–Trinajstić information content (AvgIpc) is 2.14. The van der Waals surface area contributed by atoms with Gasteiger partial charge in [-0.2, -0.15) is 0 Å². The van der Waals surface area contributed by atoms with Crippen LogP contribution in [0.1, 0.15) is 24.5 Å². The molecule has 0 aliphatic rings. The first-order valence-electron chi connectivity index (χ1n) is 4.45. The molecule has 0 saturated carbocycles. The molecular weight excluding hydrogens is 262 g/mol. The topological polar surface area (TPSA) is 83.5 Å². The van der Waals surface area contributed by atoms with Gasteiger partial charge in [0.15, 0.2) is 0 Å². The summed E-state index contributed by atoms with van der Waals surface area (Å²) in [5.74, 6) is -0.926. The van der Waals surface area contributed by atoms with E-state index in [9.17, 15) is 9.90 Å². The Morgan fingerprint density at radius 1 is 1.53 bits per heavy atom. The van der Waals surface area contributed by atoms with Crippen molar-refractivity contribution in [2.75, 3.05) is 5.73 Å². The number of benzene rings is 1. The van der Waals surface area contributed by atoms with Crippen LogP contribution in [0, 0.1) is 0 Å². The van der Waals surface area contributed by atoms with Crippen LogP contribution in [0.5, 0.6) is 0 Å². The summed E-state index contributed by atoms with van der Waals surface area (Å²) in [4.78, 5) is 10.3. The highest BCUT2D eigenvalue weighted by atomic mass is 79.9. The van der Waals surface area contributed by atoms with E-state index in [0.29, 0.717) is 11.3 Å². The van der Waals surface area contributed by atoms with E-state index in [2.05, 4.69) is 15.9 Å². The number of nitrogens with two attached hydrogens (primary N) is 1. The molecule has 0 saturated heterocycles. The first kappa shape index (κ1) is 12.0. The van der Waals surface area contributed by atoms with Gasteiger partial charge in [-0.25, -0.2) is 0 Å². The predicted octanol–water partition coefficient (Wildman–Crippen LogP) is 1.93. The molecule has 4 nitrogen and oxygen atoms in total. The molecule has 1 aromatic rings. The van der Waals surface area contributed by atoms with Crippen LogP contribution in [-0.2, 0) is 4.79 Å². The third kappa shape index (κ3) is 3.53. The molecule has 1 atom stereocenters. The normalized spacial score (nSPS) is 12.4. The van der Waals surface area contributed by atoms with E-state index in [0.717, 1.165) is 4.47 Å². The fourth-order valence-corrected chi connectivity index (χ4v) is 1.64. The van der Waals surface area contributed by atoms with Crippen LogP contribution >= 0.6 is 15.9 Å². The molecule has 1 rings (SSSR count). The summed E-state index contributed by atoms with van der Waals surface area (Å²) in [5, 5.41) is 18.2. The first-order chi connectivity index (χ1) is 7.00. The van der Waals surface area contributed by atoms with Gasteiger partial charge in [-0.3, -0.25) is 4.79 Å². The first-order valence-corrected chi connectivity index (χ1v) is 5.25. The minimum atomic E-state index is -0.926. The number of hydrogen-bond donors (Lipinski definition) is 3. The van der Waals surface area contributed by atoms with E-state index in [1.165, 1.54) is 0 Å². The van der Waals surface area contributed by atoms with Crippen LogP contribution in [0.15, 0.2) is 22.7 Å². The smallest absolute Gasteiger partial charge is 0.303 e. The van der Waals surface area contributed by atoms with E-state index in [4.69, 9.17) is 10.8 Å². The van der Waals surface area contributed by atoms with Gasteiger partial charge in [-0.05, 0) is 18.6 Å². The van der Waals surface area contributed by atoms with Crippen molar-refractivity contribution in [2.24, 2.45) is 0 Å². The van der Waals surface area contributed by atoms with Gasteiger partial charge in [0.2, 0.25) is 0 Å². The second kappa shape index (κ2) is 5.14. The largest absolute Gasteiger partial charge is 0.481 e. The lowest BCUT2D eigenvalue weighted by molar-refractivity contribution is -0.137. The molecule has 1 unspecified atom stereocenters. The van der Waals surface area contributed by atoms with E-state index in [1.54, 1.807) is 18.2 Å². The van der Waals surface area contributed by atoms with Crippen LogP contribution < -0.4 is 5.73 Å². The zero-order valence-corrected chi connectivity index (χ0v) is 9.57. The summed E-state index contributed by atoms with van der Waals surface area (Å²) in [6.07, 6.45) is -0.730. The summed E-state index contributed by atoms with van der Waals surface area (Å²) in [6, 6.07) is 5.13. The van der Waals surface area contributed by atoms with Crippen LogP contribution in [0.2, 0.25) is 0 Å². The molecule has 0 heterocycles. The molecule has 0 amide bonds. The molecule has 0 radical (unpaired) electrons. The lowest BCUT2D eigenvalue weighted by Gasteiger charge is -2.12. The predicted molar refractivity (Wildman–Crippen MR) is 60.4 cm³/mol. The molecule has 0 aliphatic heterocycles. The van der Waals surface area contributed by atoms with Crippen molar-refractivity contribution in [1.29, 1.82) is 0 Å². The quantitative estimate of drug-likeness (QED) is 0.732. The number of anilines is 1. The highest BCUT2D eigenvalue weighted by Crippen LogP contribution is 2.26. The Balaban J connectivity index is 2.73. The SMILES string of the molecule is Nc1cc(Br)ccc1C(O)CCC(=O)O. The molecular formula is C10H12BrNO3. The number of aliphatic carboxylic acids is 1. The van der Waals surface area contributed by atoms with Crippen molar-refractivity contribution < 1.29 is 15.0 Å². The fraction of sp³-hybridized carbons (Fsp3) is 0.300. The second-order valence-corrected chi connectivity index (χ2v) is 4.14. The van der Waals surface area contributed by atoms with E-state index < -0.39 is 12.1 Å². The molecule has 5 heteroatoms. The van der Waals surface area contributed by atoms with Gasteiger partial charge in [0, 0.05) is 22.1 Å². The number of carbonyl (C=O) groups is 1. The van der Waals surface area contributed by atoms with Gasteiger partial charge in [-0.1, -0.05) is 22.0 Å². The second-order valence-electron chi connectivity index (χ2n) is 3.22. The minimum absolute atomic E-state index is 0.0727. The van der Waals surface area contributed by atoms with Gasteiger partial charge in [-0.15, -0.1) is 0 Å². The minimum Gasteiger partial charge on any atom is -0.481 e. The zero-order chi connectivity index (χ0) is 11.4. The Kier molecular flexibility index (Phi) is 4.11. The molecule has 0 aromatic heterocycles. The Hall–Kier alpha value is -1.07. The maximum atomic E-state index is 10.3. The van der Waals surface area contributed by atoms with Crippen molar-refractivity contribution in [2.45, 2.75) is 18.9 Å². The molecule has 15 heavy (non-hydrogen) atoms. The van der Waals surface area contributed by atoms with Gasteiger partial charge in [0.05, 0.1) is 6.10 Å². The summed E-state index contributed by atoms with van der Waals surface area (Å²) >= 11 is 3.25. The van der Waals surface area contributed by atoms with E-state index >= 15 is 0 Å². The molecule has 4 N–H and O–H groups in total. The van der Waals surface area contributed by atoms with Crippen LogP contribution in [0.3, 0.4) is 0 Å². The summed E-state index contributed by atoms with van der Waals surface area (Å²) in [6.45, 7) is 0. The maximum Gasteiger partial charge on any atom is 0.303 e. The molecule has 0 aliphatic carbocycles. The van der Waals surface area contributed by atoms with Crippen molar-refractivity contribution in [3.63, 3.8) is 0 Å².